The molecule has 1 aliphatic rings. The molecule has 1 aromatic carbocycles. The maximum absolute atomic E-state index is 10.9. The van der Waals surface area contributed by atoms with Crippen LogP contribution in [0.4, 0.5) is 11.7 Å². The number of ether oxygens (including phenoxy) is 1. The van der Waals surface area contributed by atoms with Crippen LogP contribution < -0.4 is 5.32 Å². The van der Waals surface area contributed by atoms with E-state index in [1.54, 1.807) is 12.1 Å². The first-order valence-electron chi connectivity index (χ1n) is 6.55. The summed E-state index contributed by atoms with van der Waals surface area (Å²) in [5.41, 5.74) is 0.654. The Bertz CT molecular complexity index is 640. The van der Waals surface area contributed by atoms with Gasteiger partial charge in [0.05, 0.1) is 11.0 Å². The Labute approximate surface area is 115 Å². The highest BCUT2D eigenvalue weighted by Gasteiger charge is 2.22. The smallest absolute Gasteiger partial charge is 0.298 e. The number of hydrogen-bond acceptors (Lipinski definition) is 6. The summed E-state index contributed by atoms with van der Waals surface area (Å²) in [7, 11) is 0. The summed E-state index contributed by atoms with van der Waals surface area (Å²) in [6, 6.07) is 5.23. The van der Waals surface area contributed by atoms with Crippen LogP contribution in [0.25, 0.3) is 11.1 Å². The molecule has 2 aromatic rings. The van der Waals surface area contributed by atoms with E-state index in [2.05, 4.69) is 10.3 Å². The van der Waals surface area contributed by atoms with Gasteiger partial charge in [-0.3, -0.25) is 10.1 Å². The minimum atomic E-state index is -0.453. The van der Waals surface area contributed by atoms with Crippen LogP contribution >= 0.6 is 0 Å². The van der Waals surface area contributed by atoms with Crippen LogP contribution in [0.2, 0.25) is 0 Å². The van der Waals surface area contributed by atoms with Crippen LogP contribution in [0.3, 0.4) is 0 Å². The molecule has 3 rings (SSSR count). The van der Waals surface area contributed by atoms with E-state index in [0.717, 1.165) is 12.8 Å². The minimum Gasteiger partial charge on any atom is -0.423 e. The summed E-state index contributed by atoms with van der Waals surface area (Å²) in [6.07, 6.45) is 1.92. The van der Waals surface area contributed by atoms with Crippen molar-refractivity contribution in [3.05, 3.63) is 28.3 Å². The van der Waals surface area contributed by atoms with E-state index in [-0.39, 0.29) is 23.3 Å². The Morgan fingerprint density at radius 3 is 3.10 bits per heavy atom. The molecule has 1 N–H and O–H groups in total. The lowest BCUT2D eigenvalue weighted by Crippen LogP contribution is -2.32. The Kier molecular flexibility index (Phi) is 3.27. The number of nitrogens with zero attached hydrogens (tertiary/aromatic N) is 2. The maximum atomic E-state index is 10.9. The number of aromatic nitrogens is 1. The second-order valence-electron chi connectivity index (χ2n) is 4.95. The van der Waals surface area contributed by atoms with Crippen molar-refractivity contribution in [2.24, 2.45) is 0 Å². The Morgan fingerprint density at radius 1 is 1.50 bits per heavy atom. The zero-order chi connectivity index (χ0) is 14.1. The van der Waals surface area contributed by atoms with Crippen molar-refractivity contribution in [1.82, 2.24) is 4.98 Å². The molecule has 2 atom stereocenters. The highest BCUT2D eigenvalue weighted by atomic mass is 16.6. The number of oxazole rings is 1. The van der Waals surface area contributed by atoms with Crippen molar-refractivity contribution in [2.45, 2.75) is 31.9 Å². The molecule has 7 nitrogen and oxygen atoms in total. The van der Waals surface area contributed by atoms with Gasteiger partial charge in [0.15, 0.2) is 11.1 Å². The van der Waals surface area contributed by atoms with Gasteiger partial charge in [-0.15, -0.1) is 0 Å². The van der Waals surface area contributed by atoms with E-state index >= 15 is 0 Å². The minimum absolute atomic E-state index is 0.0420. The van der Waals surface area contributed by atoms with E-state index in [9.17, 15) is 10.1 Å². The average Bonchev–Trinajstić information content (AvgIpc) is 2.80. The SMILES string of the molecule is CC1CC(Nc2nc3c([N+](=O)[O-])cccc3o2)CCO1. The van der Waals surface area contributed by atoms with Gasteiger partial charge in [-0.25, -0.2) is 0 Å². The Morgan fingerprint density at radius 2 is 2.35 bits per heavy atom. The highest BCUT2D eigenvalue weighted by molar-refractivity contribution is 5.84. The summed E-state index contributed by atoms with van der Waals surface area (Å²) >= 11 is 0. The van der Waals surface area contributed by atoms with Gasteiger partial charge in [-0.2, -0.15) is 4.98 Å². The third kappa shape index (κ3) is 2.44. The fraction of sp³-hybridized carbons (Fsp3) is 0.462. The van der Waals surface area contributed by atoms with Crippen molar-refractivity contribution < 1.29 is 14.1 Å². The number of nitrogens with one attached hydrogen (secondary N) is 1. The molecule has 1 fully saturated rings. The molecule has 7 heteroatoms. The molecule has 1 saturated heterocycles. The lowest BCUT2D eigenvalue weighted by Gasteiger charge is -2.27. The van der Waals surface area contributed by atoms with Crippen molar-refractivity contribution in [3.63, 3.8) is 0 Å². The lowest BCUT2D eigenvalue weighted by molar-refractivity contribution is -0.383. The Hall–Kier alpha value is -2.15. The van der Waals surface area contributed by atoms with Crippen LogP contribution in [-0.2, 0) is 4.74 Å². The summed E-state index contributed by atoms with van der Waals surface area (Å²) in [4.78, 5) is 14.7. The number of fused-ring (bicyclic) bond motifs is 1. The van der Waals surface area contributed by atoms with Crippen LogP contribution in [0.1, 0.15) is 19.8 Å². The molecule has 20 heavy (non-hydrogen) atoms. The van der Waals surface area contributed by atoms with Crippen molar-refractivity contribution in [1.29, 1.82) is 0 Å². The highest BCUT2D eigenvalue weighted by Crippen LogP contribution is 2.28. The molecule has 106 valence electrons. The fourth-order valence-corrected chi connectivity index (χ4v) is 2.45. The molecule has 0 spiro atoms. The van der Waals surface area contributed by atoms with Crippen LogP contribution in [0, 0.1) is 10.1 Å². The number of nitro groups is 1. The molecule has 0 bridgehead atoms. The molecule has 2 unspecified atom stereocenters. The first-order chi connectivity index (χ1) is 9.63. The van der Waals surface area contributed by atoms with Gasteiger partial charge in [0, 0.05) is 18.7 Å². The van der Waals surface area contributed by atoms with Crippen molar-refractivity contribution in [3.8, 4) is 0 Å². The molecule has 1 aromatic heterocycles. The average molecular weight is 277 g/mol. The number of non-ortho nitro benzene ring substituents is 1. The van der Waals surface area contributed by atoms with E-state index in [1.807, 2.05) is 6.92 Å². The molecule has 0 saturated carbocycles. The summed E-state index contributed by atoms with van der Waals surface area (Å²) in [6.45, 7) is 2.71. The number of benzene rings is 1. The molecular weight excluding hydrogens is 262 g/mol. The quantitative estimate of drug-likeness (QED) is 0.685. The molecule has 0 amide bonds. The number of nitro benzene ring substituents is 1. The number of para-hydroxylation sites is 1. The van der Waals surface area contributed by atoms with Gasteiger partial charge in [-0.1, -0.05) is 6.07 Å². The van der Waals surface area contributed by atoms with E-state index in [4.69, 9.17) is 9.15 Å². The van der Waals surface area contributed by atoms with E-state index < -0.39 is 4.92 Å². The monoisotopic (exact) mass is 277 g/mol. The topological polar surface area (TPSA) is 90.4 Å². The number of rotatable bonds is 3. The predicted molar refractivity (Wildman–Crippen MR) is 72.7 cm³/mol. The second-order valence-corrected chi connectivity index (χ2v) is 4.95. The van der Waals surface area contributed by atoms with E-state index in [0.29, 0.717) is 18.2 Å². The molecule has 0 radical (unpaired) electrons. The van der Waals surface area contributed by atoms with Gasteiger partial charge in [0.25, 0.3) is 11.7 Å². The second kappa shape index (κ2) is 5.09. The number of anilines is 1. The fourth-order valence-electron chi connectivity index (χ4n) is 2.45. The Balaban J connectivity index is 1.85. The summed E-state index contributed by atoms with van der Waals surface area (Å²) < 4.78 is 11.0. The van der Waals surface area contributed by atoms with Crippen molar-refractivity contribution >= 4 is 22.8 Å². The molecule has 1 aliphatic heterocycles. The third-order valence-electron chi connectivity index (χ3n) is 3.41. The van der Waals surface area contributed by atoms with Crippen LogP contribution in [0.15, 0.2) is 22.6 Å². The first kappa shape index (κ1) is 12.9. The van der Waals surface area contributed by atoms with Gasteiger partial charge < -0.3 is 14.5 Å². The first-order valence-corrected chi connectivity index (χ1v) is 6.55. The largest absolute Gasteiger partial charge is 0.423 e. The van der Waals surface area contributed by atoms with Gasteiger partial charge in [0.1, 0.15) is 0 Å². The van der Waals surface area contributed by atoms with Gasteiger partial charge in [0.2, 0.25) is 0 Å². The standard InChI is InChI=1S/C13H15N3O4/c1-8-7-9(5-6-19-8)14-13-15-12-10(16(17)18)3-2-4-11(12)20-13/h2-4,8-9H,5-7H2,1H3,(H,14,15). The molecular formula is C13H15N3O4. The molecule has 0 aliphatic carbocycles. The van der Waals surface area contributed by atoms with Crippen LogP contribution in [-0.4, -0.2) is 28.7 Å². The van der Waals surface area contributed by atoms with Gasteiger partial charge in [-0.05, 0) is 25.8 Å². The van der Waals surface area contributed by atoms with Crippen LogP contribution in [0.5, 0.6) is 0 Å². The van der Waals surface area contributed by atoms with E-state index in [1.165, 1.54) is 6.07 Å². The summed E-state index contributed by atoms with van der Waals surface area (Å²) in [5.74, 6) is 0. The predicted octanol–water partition coefficient (Wildman–Crippen LogP) is 2.72. The molecule has 2 heterocycles. The third-order valence-corrected chi connectivity index (χ3v) is 3.41. The zero-order valence-electron chi connectivity index (χ0n) is 11.0. The maximum Gasteiger partial charge on any atom is 0.298 e. The normalized spacial score (nSPS) is 22.9. The zero-order valence-corrected chi connectivity index (χ0v) is 11.0. The lowest BCUT2D eigenvalue weighted by atomic mass is 10.1. The number of hydrogen-bond donors (Lipinski definition) is 1. The van der Waals surface area contributed by atoms with Gasteiger partial charge >= 0.3 is 0 Å². The summed E-state index contributed by atoms with van der Waals surface area (Å²) in [5, 5.41) is 14.1. The van der Waals surface area contributed by atoms with Crippen molar-refractivity contribution in [2.75, 3.05) is 11.9 Å².